The first-order valence-electron chi connectivity index (χ1n) is 9.63. The summed E-state index contributed by atoms with van der Waals surface area (Å²) in [6.07, 6.45) is 10.5. The van der Waals surface area contributed by atoms with E-state index in [1.54, 1.807) is 7.11 Å². The lowest BCUT2D eigenvalue weighted by molar-refractivity contribution is -0.105. The zero-order valence-corrected chi connectivity index (χ0v) is 17.1. The normalized spacial score (nSPS) is 42.5. The number of allylic oxidation sites excluding steroid dienone is 1. The van der Waals surface area contributed by atoms with Crippen LogP contribution >= 0.6 is 0 Å². The molecule has 0 aromatic carbocycles. The lowest BCUT2D eigenvalue weighted by Gasteiger charge is -2.42. The first-order valence-corrected chi connectivity index (χ1v) is 11.5. The average molecular weight is 389 g/mol. The van der Waals surface area contributed by atoms with E-state index in [1.165, 1.54) is 12.8 Å². The van der Waals surface area contributed by atoms with Crippen molar-refractivity contribution < 1.29 is 26.8 Å². The molecule has 0 aromatic heterocycles. The smallest absolute Gasteiger partial charge is 0.264 e. The fourth-order valence-corrected chi connectivity index (χ4v) is 5.24. The van der Waals surface area contributed by atoms with E-state index < -0.39 is 16.2 Å². The van der Waals surface area contributed by atoms with Gasteiger partial charge in [0.2, 0.25) is 0 Å². The number of hydrogen-bond acceptors (Lipinski definition) is 6. The van der Waals surface area contributed by atoms with Gasteiger partial charge < -0.3 is 14.2 Å². The van der Waals surface area contributed by atoms with Gasteiger partial charge in [0.1, 0.15) is 11.7 Å². The molecule has 1 aliphatic carbocycles. The van der Waals surface area contributed by atoms with E-state index in [2.05, 4.69) is 26.0 Å². The number of hydrogen-bond donors (Lipinski definition) is 0. The quantitative estimate of drug-likeness (QED) is 0.262. The van der Waals surface area contributed by atoms with Crippen LogP contribution < -0.4 is 0 Å². The highest BCUT2D eigenvalue weighted by Gasteiger charge is 2.72. The second-order valence-corrected chi connectivity index (χ2v) is 9.65. The Morgan fingerprint density at radius 1 is 1.31 bits per heavy atom. The molecule has 150 valence electrons. The van der Waals surface area contributed by atoms with E-state index in [0.717, 1.165) is 25.5 Å². The second-order valence-electron chi connectivity index (χ2n) is 8.05. The molecule has 0 radical (unpaired) electrons. The van der Waals surface area contributed by atoms with E-state index in [9.17, 15) is 8.42 Å². The van der Waals surface area contributed by atoms with Crippen molar-refractivity contribution in [2.75, 3.05) is 20.0 Å². The third-order valence-corrected chi connectivity index (χ3v) is 6.63. The highest BCUT2D eigenvalue weighted by Crippen LogP contribution is 2.59. The molecular formula is C19H32O6S. The van der Waals surface area contributed by atoms with Crippen molar-refractivity contribution in [1.29, 1.82) is 0 Å². The van der Waals surface area contributed by atoms with Crippen molar-refractivity contribution in [2.24, 2.45) is 5.92 Å². The van der Waals surface area contributed by atoms with Crippen LogP contribution in [0.4, 0.5) is 0 Å². The monoisotopic (exact) mass is 388 g/mol. The van der Waals surface area contributed by atoms with Gasteiger partial charge in [-0.15, -0.1) is 0 Å². The van der Waals surface area contributed by atoms with Gasteiger partial charge in [-0.2, -0.15) is 8.42 Å². The third-order valence-electron chi connectivity index (χ3n) is 6.04. The molecule has 1 saturated carbocycles. The number of ether oxygens (including phenoxy) is 3. The van der Waals surface area contributed by atoms with Gasteiger partial charge in [-0.1, -0.05) is 31.9 Å². The van der Waals surface area contributed by atoms with Crippen LogP contribution in [0.3, 0.4) is 0 Å². The molecule has 6 nitrogen and oxygen atoms in total. The van der Waals surface area contributed by atoms with Gasteiger partial charge >= 0.3 is 0 Å². The van der Waals surface area contributed by atoms with Gasteiger partial charge in [0.25, 0.3) is 10.1 Å². The van der Waals surface area contributed by atoms with Crippen molar-refractivity contribution in [1.82, 2.24) is 0 Å². The second kappa shape index (κ2) is 7.51. The molecule has 3 rings (SSSR count). The first kappa shape index (κ1) is 20.3. The van der Waals surface area contributed by atoms with Crippen molar-refractivity contribution in [2.45, 2.75) is 81.9 Å². The van der Waals surface area contributed by atoms with Crippen LogP contribution in [0.15, 0.2) is 12.2 Å². The van der Waals surface area contributed by atoms with Crippen LogP contribution in [0, 0.1) is 5.92 Å². The standard InChI is InChI=1S/C19H32O6S/c1-5-6-7-8-9-10-15-18(2,24-15)17-16(22-3)14(25-26(4,20)21)11-12-19(17)13-23-19/h8-9,14-17H,5-7,10-13H2,1-4H3/t14-,15-,16-,17-,18+,19+/m1/s1. The van der Waals surface area contributed by atoms with E-state index >= 15 is 0 Å². The molecule has 2 heterocycles. The summed E-state index contributed by atoms with van der Waals surface area (Å²) < 4.78 is 46.4. The number of methoxy groups -OCH3 is 1. The van der Waals surface area contributed by atoms with Crippen molar-refractivity contribution in [3.63, 3.8) is 0 Å². The molecule has 0 aromatic rings. The van der Waals surface area contributed by atoms with Crippen molar-refractivity contribution in [3.05, 3.63) is 12.2 Å². The molecule has 2 aliphatic heterocycles. The Bertz CT molecular complexity index is 626. The highest BCUT2D eigenvalue weighted by atomic mass is 32.2. The Hall–Kier alpha value is -0.470. The van der Waals surface area contributed by atoms with Crippen molar-refractivity contribution in [3.8, 4) is 0 Å². The maximum Gasteiger partial charge on any atom is 0.264 e. The SMILES string of the molecule is CCCCC=CC[C@H]1O[C@]1(C)[C@H]1[C@H](OC)[C@H](OS(C)(=O)=O)CC[C@]12CO2. The van der Waals surface area contributed by atoms with E-state index in [4.69, 9.17) is 18.4 Å². The number of unbranched alkanes of at least 4 members (excludes halogenated alkanes) is 2. The Labute approximate surface area is 157 Å². The van der Waals surface area contributed by atoms with Crippen LogP contribution in [-0.2, 0) is 28.5 Å². The summed E-state index contributed by atoms with van der Waals surface area (Å²) in [5, 5.41) is 0. The van der Waals surface area contributed by atoms with Crippen molar-refractivity contribution >= 4 is 10.1 Å². The Morgan fingerprint density at radius 2 is 2.04 bits per heavy atom. The van der Waals surface area contributed by atoms with Gasteiger partial charge in [-0.3, -0.25) is 4.18 Å². The van der Waals surface area contributed by atoms with Crippen LogP contribution in [0.25, 0.3) is 0 Å². The summed E-state index contributed by atoms with van der Waals surface area (Å²) in [6.45, 7) is 4.97. The predicted octanol–water partition coefficient (Wildman–Crippen LogP) is 2.82. The average Bonchev–Trinajstić information content (AvgIpc) is 3.46. The maximum absolute atomic E-state index is 11.7. The van der Waals surface area contributed by atoms with Crippen LogP contribution in [0.2, 0.25) is 0 Å². The molecule has 0 unspecified atom stereocenters. The largest absolute Gasteiger partial charge is 0.378 e. The fourth-order valence-electron chi connectivity index (χ4n) is 4.59. The lowest BCUT2D eigenvalue weighted by atomic mass is 9.68. The third kappa shape index (κ3) is 4.17. The molecule has 7 heteroatoms. The van der Waals surface area contributed by atoms with Gasteiger partial charge in [-0.05, 0) is 32.6 Å². The first-order chi connectivity index (χ1) is 12.3. The Balaban J connectivity index is 1.70. The minimum absolute atomic E-state index is 0.0328. The molecule has 1 spiro atoms. The maximum atomic E-state index is 11.7. The Kier molecular flexibility index (Phi) is 5.85. The molecule has 2 saturated heterocycles. The molecule has 0 N–H and O–H groups in total. The summed E-state index contributed by atoms with van der Waals surface area (Å²) in [5.41, 5.74) is -0.626. The highest BCUT2D eigenvalue weighted by molar-refractivity contribution is 7.86. The zero-order valence-electron chi connectivity index (χ0n) is 16.3. The predicted molar refractivity (Wildman–Crippen MR) is 98.5 cm³/mol. The van der Waals surface area contributed by atoms with E-state index in [0.29, 0.717) is 13.0 Å². The minimum atomic E-state index is -3.54. The Morgan fingerprint density at radius 3 is 2.62 bits per heavy atom. The molecule has 0 amide bonds. The molecule has 26 heavy (non-hydrogen) atoms. The van der Waals surface area contributed by atoms with Gasteiger partial charge in [0.05, 0.1) is 36.6 Å². The van der Waals surface area contributed by atoms with Gasteiger partial charge in [-0.25, -0.2) is 0 Å². The molecular weight excluding hydrogens is 356 g/mol. The fraction of sp³-hybridized carbons (Fsp3) is 0.895. The summed E-state index contributed by atoms with van der Waals surface area (Å²) in [7, 11) is -1.93. The van der Waals surface area contributed by atoms with E-state index in [-0.39, 0.29) is 29.3 Å². The van der Waals surface area contributed by atoms with E-state index in [1.807, 2.05) is 0 Å². The van der Waals surface area contributed by atoms with Gasteiger partial charge in [0, 0.05) is 7.11 Å². The number of epoxide rings is 2. The molecule has 0 bridgehead atoms. The summed E-state index contributed by atoms with van der Waals surface area (Å²) >= 11 is 0. The molecule has 3 aliphatic rings. The lowest BCUT2D eigenvalue weighted by Crippen LogP contribution is -2.55. The topological polar surface area (TPSA) is 77.7 Å². The van der Waals surface area contributed by atoms with Gasteiger partial charge in [0.15, 0.2) is 0 Å². The van der Waals surface area contributed by atoms with Crippen LogP contribution in [-0.4, -0.2) is 57.9 Å². The summed E-state index contributed by atoms with van der Waals surface area (Å²) in [6, 6.07) is 0. The van der Waals surface area contributed by atoms with Crippen LogP contribution in [0.1, 0.15) is 52.4 Å². The van der Waals surface area contributed by atoms with Crippen LogP contribution in [0.5, 0.6) is 0 Å². The summed E-state index contributed by atoms with van der Waals surface area (Å²) in [4.78, 5) is 0. The minimum Gasteiger partial charge on any atom is -0.378 e. The zero-order chi connectivity index (χ0) is 19.0. The molecule has 6 atom stereocenters. The number of rotatable bonds is 9. The summed E-state index contributed by atoms with van der Waals surface area (Å²) in [5.74, 6) is -0.0328. The molecule has 3 fully saturated rings.